The molecule has 0 radical (unpaired) electrons. The molecule has 1 aromatic heterocycles. The summed E-state index contributed by atoms with van der Waals surface area (Å²) in [7, 11) is 1.63. The summed E-state index contributed by atoms with van der Waals surface area (Å²) >= 11 is 9.83. The number of hydrogen-bond donors (Lipinski definition) is 2. The number of ether oxygens (including phenoxy) is 1. The number of nitrogens with one attached hydrogen (secondary N) is 2. The summed E-state index contributed by atoms with van der Waals surface area (Å²) in [5.41, 5.74) is 2.24. The number of aromatic amines is 1. The summed E-state index contributed by atoms with van der Waals surface area (Å²) in [6.07, 6.45) is 2.38. The summed E-state index contributed by atoms with van der Waals surface area (Å²) in [5.74, 6) is 0.704. The van der Waals surface area contributed by atoms with Gasteiger partial charge in [-0.15, -0.1) is 0 Å². The van der Waals surface area contributed by atoms with Crippen LogP contribution in [0, 0.1) is 0 Å². The molecule has 2 N–H and O–H groups in total. The van der Waals surface area contributed by atoms with E-state index in [0.29, 0.717) is 16.8 Å². The molecule has 5 heteroatoms. The van der Waals surface area contributed by atoms with Crippen molar-refractivity contribution in [3.05, 3.63) is 27.3 Å². The minimum Gasteiger partial charge on any atom is -0.495 e. The SMILES string of the molecule is COc1cc2c(Br)c(C3CCCN3)[nH]c2cc1Cl. The number of aromatic nitrogens is 1. The first-order valence-electron chi connectivity index (χ1n) is 5.98. The number of fused-ring (bicyclic) bond motifs is 1. The lowest BCUT2D eigenvalue weighted by molar-refractivity contribution is 0.415. The van der Waals surface area contributed by atoms with E-state index >= 15 is 0 Å². The highest BCUT2D eigenvalue weighted by atomic mass is 79.9. The number of rotatable bonds is 2. The Morgan fingerprint density at radius 2 is 2.28 bits per heavy atom. The van der Waals surface area contributed by atoms with E-state index in [1.807, 2.05) is 12.1 Å². The van der Waals surface area contributed by atoms with Crippen LogP contribution in [0.25, 0.3) is 10.9 Å². The Morgan fingerprint density at radius 1 is 1.44 bits per heavy atom. The number of hydrogen-bond acceptors (Lipinski definition) is 2. The smallest absolute Gasteiger partial charge is 0.138 e. The molecule has 18 heavy (non-hydrogen) atoms. The van der Waals surface area contributed by atoms with Crippen LogP contribution < -0.4 is 10.1 Å². The summed E-state index contributed by atoms with van der Waals surface area (Å²) < 4.78 is 6.36. The molecule has 1 unspecified atom stereocenters. The second-order valence-corrected chi connectivity index (χ2v) is 5.73. The van der Waals surface area contributed by atoms with E-state index in [9.17, 15) is 0 Å². The Balaban J connectivity index is 2.15. The van der Waals surface area contributed by atoms with E-state index in [-0.39, 0.29) is 0 Å². The third-order valence-electron chi connectivity index (χ3n) is 3.44. The lowest BCUT2D eigenvalue weighted by Gasteiger charge is -2.08. The van der Waals surface area contributed by atoms with Crippen LogP contribution in [0.15, 0.2) is 16.6 Å². The van der Waals surface area contributed by atoms with E-state index in [4.69, 9.17) is 16.3 Å². The van der Waals surface area contributed by atoms with Gasteiger partial charge in [0.15, 0.2) is 0 Å². The van der Waals surface area contributed by atoms with Crippen molar-refractivity contribution < 1.29 is 4.74 Å². The first kappa shape index (κ1) is 12.3. The van der Waals surface area contributed by atoms with Crippen LogP contribution in [0.5, 0.6) is 5.75 Å². The van der Waals surface area contributed by atoms with Gasteiger partial charge in [-0.2, -0.15) is 0 Å². The molecular weight excluding hydrogens is 316 g/mol. The molecule has 0 spiro atoms. The Morgan fingerprint density at radius 3 is 2.94 bits per heavy atom. The van der Waals surface area contributed by atoms with Crippen LogP contribution in [-0.4, -0.2) is 18.6 Å². The van der Waals surface area contributed by atoms with Crippen LogP contribution in [0.2, 0.25) is 5.02 Å². The van der Waals surface area contributed by atoms with Crippen molar-refractivity contribution in [1.82, 2.24) is 10.3 Å². The normalized spacial score (nSPS) is 19.6. The molecule has 1 atom stereocenters. The highest BCUT2D eigenvalue weighted by Crippen LogP contribution is 2.38. The fourth-order valence-corrected chi connectivity index (χ4v) is 3.46. The second kappa shape index (κ2) is 4.76. The van der Waals surface area contributed by atoms with E-state index in [1.165, 1.54) is 12.1 Å². The molecule has 2 heterocycles. The molecule has 3 rings (SSSR count). The molecule has 0 bridgehead atoms. The molecule has 96 valence electrons. The van der Waals surface area contributed by atoms with Gasteiger partial charge < -0.3 is 15.0 Å². The monoisotopic (exact) mass is 328 g/mol. The van der Waals surface area contributed by atoms with Gasteiger partial charge in [0.2, 0.25) is 0 Å². The minimum absolute atomic E-state index is 0.400. The molecular formula is C13H14BrClN2O. The van der Waals surface area contributed by atoms with Gasteiger partial charge in [-0.25, -0.2) is 0 Å². The Bertz CT molecular complexity index is 590. The van der Waals surface area contributed by atoms with Gasteiger partial charge in [0.05, 0.1) is 12.1 Å². The van der Waals surface area contributed by atoms with E-state index < -0.39 is 0 Å². The zero-order valence-electron chi connectivity index (χ0n) is 10.0. The predicted molar refractivity (Wildman–Crippen MR) is 77.5 cm³/mol. The van der Waals surface area contributed by atoms with Gasteiger partial charge in [0, 0.05) is 27.1 Å². The van der Waals surface area contributed by atoms with Gasteiger partial charge in [-0.3, -0.25) is 0 Å². The van der Waals surface area contributed by atoms with Crippen molar-refractivity contribution in [3.8, 4) is 5.75 Å². The quantitative estimate of drug-likeness (QED) is 0.873. The third-order valence-corrected chi connectivity index (χ3v) is 4.59. The number of benzene rings is 1. The average molecular weight is 330 g/mol. The lowest BCUT2D eigenvalue weighted by atomic mass is 10.1. The Kier molecular flexibility index (Phi) is 3.26. The molecule has 1 saturated heterocycles. The van der Waals surface area contributed by atoms with E-state index in [1.54, 1.807) is 7.11 Å². The van der Waals surface area contributed by atoms with Crippen molar-refractivity contribution in [2.75, 3.05) is 13.7 Å². The molecule has 1 aliphatic rings. The largest absolute Gasteiger partial charge is 0.495 e. The maximum Gasteiger partial charge on any atom is 0.138 e. The van der Waals surface area contributed by atoms with Gasteiger partial charge in [-0.1, -0.05) is 11.6 Å². The highest BCUT2D eigenvalue weighted by molar-refractivity contribution is 9.10. The van der Waals surface area contributed by atoms with Crippen LogP contribution in [0.3, 0.4) is 0 Å². The number of methoxy groups -OCH3 is 1. The van der Waals surface area contributed by atoms with Crippen LogP contribution >= 0.6 is 27.5 Å². The average Bonchev–Trinajstić information content (AvgIpc) is 2.97. The molecule has 1 fully saturated rings. The van der Waals surface area contributed by atoms with E-state index in [0.717, 1.165) is 28.3 Å². The molecule has 1 aromatic carbocycles. The Labute approximate surface area is 119 Å². The van der Waals surface area contributed by atoms with Crippen LogP contribution in [0.4, 0.5) is 0 Å². The van der Waals surface area contributed by atoms with Gasteiger partial charge in [0.1, 0.15) is 5.75 Å². The van der Waals surface area contributed by atoms with Crippen molar-refractivity contribution in [1.29, 1.82) is 0 Å². The van der Waals surface area contributed by atoms with Gasteiger partial charge >= 0.3 is 0 Å². The predicted octanol–water partition coefficient (Wildman–Crippen LogP) is 4.02. The minimum atomic E-state index is 0.400. The Hall–Kier alpha value is -0.710. The van der Waals surface area contributed by atoms with Gasteiger partial charge in [-0.05, 0) is 47.4 Å². The first-order valence-corrected chi connectivity index (χ1v) is 7.16. The third kappa shape index (κ3) is 1.92. The summed E-state index contributed by atoms with van der Waals surface area (Å²) in [6, 6.07) is 4.28. The fourth-order valence-electron chi connectivity index (χ4n) is 2.51. The standard InChI is InChI=1S/C13H14BrClN2O/c1-18-11-5-7-10(6-8(11)15)17-13(12(7)14)9-3-2-4-16-9/h5-6,9,16-17H,2-4H2,1H3. The summed E-state index contributed by atoms with van der Waals surface area (Å²) in [5, 5.41) is 5.23. The van der Waals surface area contributed by atoms with Crippen molar-refractivity contribution in [2.24, 2.45) is 0 Å². The number of H-pyrrole nitrogens is 1. The number of halogens is 2. The zero-order chi connectivity index (χ0) is 12.7. The maximum absolute atomic E-state index is 6.15. The molecule has 0 aliphatic carbocycles. The topological polar surface area (TPSA) is 37.0 Å². The molecule has 0 amide bonds. The van der Waals surface area contributed by atoms with Crippen molar-refractivity contribution in [2.45, 2.75) is 18.9 Å². The van der Waals surface area contributed by atoms with Crippen LogP contribution in [0.1, 0.15) is 24.6 Å². The molecule has 1 aliphatic heterocycles. The molecule has 0 saturated carbocycles. The maximum atomic E-state index is 6.15. The van der Waals surface area contributed by atoms with Gasteiger partial charge in [0.25, 0.3) is 0 Å². The summed E-state index contributed by atoms with van der Waals surface area (Å²) in [4.78, 5) is 3.45. The van der Waals surface area contributed by atoms with Crippen LogP contribution in [-0.2, 0) is 0 Å². The van der Waals surface area contributed by atoms with Crippen molar-refractivity contribution >= 4 is 38.4 Å². The highest BCUT2D eigenvalue weighted by Gasteiger charge is 2.22. The lowest BCUT2D eigenvalue weighted by Crippen LogP contribution is -2.13. The van der Waals surface area contributed by atoms with E-state index in [2.05, 4.69) is 26.2 Å². The molecule has 2 aromatic rings. The molecule has 3 nitrogen and oxygen atoms in total. The zero-order valence-corrected chi connectivity index (χ0v) is 12.4. The second-order valence-electron chi connectivity index (χ2n) is 4.53. The van der Waals surface area contributed by atoms with Crippen molar-refractivity contribution in [3.63, 3.8) is 0 Å². The summed E-state index contributed by atoms with van der Waals surface area (Å²) in [6.45, 7) is 1.08. The fraction of sp³-hybridized carbons (Fsp3) is 0.385. The first-order chi connectivity index (χ1) is 8.70.